The van der Waals surface area contributed by atoms with Crippen LogP contribution in [-0.2, 0) is 4.79 Å². The molecule has 0 aliphatic carbocycles. The van der Waals surface area contributed by atoms with Crippen LogP contribution in [0.3, 0.4) is 0 Å². The van der Waals surface area contributed by atoms with Gasteiger partial charge in [-0.1, -0.05) is 6.08 Å². The summed E-state index contributed by atoms with van der Waals surface area (Å²) in [6.45, 7) is 11.3. The molecule has 16 heavy (non-hydrogen) atoms. The number of rotatable bonds is 4. The minimum absolute atomic E-state index is 0.150. The standard InChI is InChI=1S/C12H23N3O/c1-5-11(13-10(2)3)12(16)15-8-6-14(4)7-9-15/h5,10-11,13H,1,6-9H2,2-4H3/t11-/m1/s1. The fourth-order valence-electron chi connectivity index (χ4n) is 1.82. The molecular weight excluding hydrogens is 202 g/mol. The molecule has 4 nitrogen and oxygen atoms in total. The first-order valence-electron chi connectivity index (χ1n) is 5.90. The molecule has 0 unspecified atom stereocenters. The van der Waals surface area contributed by atoms with Gasteiger partial charge >= 0.3 is 0 Å². The molecule has 4 heteroatoms. The maximum Gasteiger partial charge on any atom is 0.243 e. The summed E-state index contributed by atoms with van der Waals surface area (Å²) >= 11 is 0. The number of hydrogen-bond donors (Lipinski definition) is 1. The average Bonchev–Trinajstić information content (AvgIpc) is 2.25. The third-order valence-corrected chi connectivity index (χ3v) is 2.83. The van der Waals surface area contributed by atoms with Crippen molar-refractivity contribution < 1.29 is 4.79 Å². The lowest BCUT2D eigenvalue weighted by Crippen LogP contribution is -2.53. The van der Waals surface area contributed by atoms with E-state index >= 15 is 0 Å². The largest absolute Gasteiger partial charge is 0.338 e. The summed E-state index contributed by atoms with van der Waals surface area (Å²) in [6.07, 6.45) is 1.70. The van der Waals surface area contributed by atoms with Crippen molar-refractivity contribution in [2.24, 2.45) is 0 Å². The predicted molar refractivity (Wildman–Crippen MR) is 66.3 cm³/mol. The van der Waals surface area contributed by atoms with Gasteiger partial charge in [0.2, 0.25) is 5.91 Å². The van der Waals surface area contributed by atoms with Crippen LogP contribution in [0.5, 0.6) is 0 Å². The Morgan fingerprint density at radius 3 is 2.31 bits per heavy atom. The Balaban J connectivity index is 2.51. The molecule has 1 N–H and O–H groups in total. The van der Waals surface area contributed by atoms with E-state index in [2.05, 4.69) is 23.8 Å². The van der Waals surface area contributed by atoms with Crippen molar-refractivity contribution >= 4 is 5.91 Å². The van der Waals surface area contributed by atoms with Gasteiger partial charge in [0.25, 0.3) is 0 Å². The molecule has 0 aromatic carbocycles. The van der Waals surface area contributed by atoms with Crippen LogP contribution in [0.25, 0.3) is 0 Å². The SMILES string of the molecule is C=C[C@@H](NC(C)C)C(=O)N1CCN(C)CC1. The lowest BCUT2D eigenvalue weighted by molar-refractivity contribution is -0.133. The van der Waals surface area contributed by atoms with E-state index in [1.54, 1.807) is 6.08 Å². The van der Waals surface area contributed by atoms with Crippen molar-refractivity contribution in [2.45, 2.75) is 25.9 Å². The van der Waals surface area contributed by atoms with Crippen LogP contribution >= 0.6 is 0 Å². The normalized spacial score (nSPS) is 19.9. The molecule has 1 rings (SSSR count). The summed E-state index contributed by atoms with van der Waals surface area (Å²) < 4.78 is 0. The van der Waals surface area contributed by atoms with Gasteiger partial charge in [0, 0.05) is 32.2 Å². The molecule has 1 atom stereocenters. The summed E-state index contributed by atoms with van der Waals surface area (Å²) in [5.41, 5.74) is 0. The Kier molecular flexibility index (Phi) is 4.96. The Morgan fingerprint density at radius 1 is 1.31 bits per heavy atom. The molecule has 0 aromatic rings. The van der Waals surface area contributed by atoms with Crippen LogP contribution in [0, 0.1) is 0 Å². The van der Waals surface area contributed by atoms with E-state index in [1.807, 2.05) is 18.7 Å². The van der Waals surface area contributed by atoms with Crippen molar-refractivity contribution in [3.63, 3.8) is 0 Å². The van der Waals surface area contributed by atoms with Gasteiger partial charge in [0.1, 0.15) is 6.04 Å². The lowest BCUT2D eigenvalue weighted by atomic mass is 10.2. The highest BCUT2D eigenvalue weighted by Crippen LogP contribution is 2.03. The van der Waals surface area contributed by atoms with E-state index in [9.17, 15) is 4.79 Å². The quantitative estimate of drug-likeness (QED) is 0.700. The number of carbonyl (C=O) groups is 1. The number of nitrogens with one attached hydrogen (secondary N) is 1. The van der Waals surface area contributed by atoms with Gasteiger partial charge in [-0.05, 0) is 20.9 Å². The minimum Gasteiger partial charge on any atom is -0.338 e. The summed E-state index contributed by atoms with van der Waals surface area (Å²) in [6, 6.07) is 0.0443. The monoisotopic (exact) mass is 225 g/mol. The maximum absolute atomic E-state index is 12.1. The third kappa shape index (κ3) is 3.61. The first kappa shape index (κ1) is 13.2. The molecule has 0 radical (unpaired) electrons. The Morgan fingerprint density at radius 2 is 1.88 bits per heavy atom. The van der Waals surface area contributed by atoms with Crippen LogP contribution in [0.2, 0.25) is 0 Å². The van der Waals surface area contributed by atoms with E-state index in [1.165, 1.54) is 0 Å². The van der Waals surface area contributed by atoms with Crippen molar-refractivity contribution in [2.75, 3.05) is 33.2 Å². The molecule has 1 amide bonds. The summed E-state index contributed by atoms with van der Waals surface area (Å²) in [4.78, 5) is 16.3. The number of nitrogens with zero attached hydrogens (tertiary/aromatic N) is 2. The highest BCUT2D eigenvalue weighted by atomic mass is 16.2. The second-order valence-corrected chi connectivity index (χ2v) is 4.66. The topological polar surface area (TPSA) is 35.6 Å². The summed E-state index contributed by atoms with van der Waals surface area (Å²) in [7, 11) is 2.08. The first-order chi connectivity index (χ1) is 7.54. The zero-order valence-electron chi connectivity index (χ0n) is 10.6. The molecule has 0 spiro atoms. The lowest BCUT2D eigenvalue weighted by Gasteiger charge is -2.34. The summed E-state index contributed by atoms with van der Waals surface area (Å²) in [5.74, 6) is 0.150. The highest BCUT2D eigenvalue weighted by Gasteiger charge is 2.24. The number of carbonyl (C=O) groups excluding carboxylic acids is 1. The molecule has 1 fully saturated rings. The van der Waals surface area contributed by atoms with Gasteiger partial charge in [-0.2, -0.15) is 0 Å². The van der Waals surface area contributed by atoms with E-state index in [4.69, 9.17) is 0 Å². The number of amides is 1. The average molecular weight is 225 g/mol. The number of likely N-dealkylation sites (N-methyl/N-ethyl adjacent to an activating group) is 1. The Hall–Kier alpha value is -0.870. The molecule has 1 aliphatic heterocycles. The van der Waals surface area contributed by atoms with E-state index in [-0.39, 0.29) is 11.9 Å². The Bertz CT molecular complexity index is 245. The van der Waals surface area contributed by atoms with Crippen LogP contribution in [0.15, 0.2) is 12.7 Å². The molecule has 0 saturated carbocycles. The third-order valence-electron chi connectivity index (χ3n) is 2.83. The molecule has 1 saturated heterocycles. The van der Waals surface area contributed by atoms with Crippen LogP contribution in [0.4, 0.5) is 0 Å². The van der Waals surface area contributed by atoms with Crippen LogP contribution < -0.4 is 5.32 Å². The minimum atomic E-state index is -0.247. The van der Waals surface area contributed by atoms with Crippen molar-refractivity contribution in [3.8, 4) is 0 Å². The van der Waals surface area contributed by atoms with Crippen LogP contribution in [-0.4, -0.2) is 61.0 Å². The highest BCUT2D eigenvalue weighted by molar-refractivity contribution is 5.83. The second-order valence-electron chi connectivity index (χ2n) is 4.66. The second kappa shape index (κ2) is 6.01. The molecule has 0 aromatic heterocycles. The molecule has 1 aliphatic rings. The predicted octanol–water partition coefficient (Wildman–Crippen LogP) is 0.313. The van der Waals surface area contributed by atoms with Gasteiger partial charge < -0.3 is 15.1 Å². The smallest absolute Gasteiger partial charge is 0.243 e. The molecule has 1 heterocycles. The number of hydrogen-bond acceptors (Lipinski definition) is 3. The van der Waals surface area contributed by atoms with Gasteiger partial charge in [-0.3, -0.25) is 4.79 Å². The first-order valence-corrected chi connectivity index (χ1v) is 5.90. The maximum atomic E-state index is 12.1. The van der Waals surface area contributed by atoms with E-state index in [0.717, 1.165) is 26.2 Å². The van der Waals surface area contributed by atoms with Gasteiger partial charge in [0.05, 0.1) is 0 Å². The van der Waals surface area contributed by atoms with Crippen molar-refractivity contribution in [1.82, 2.24) is 15.1 Å². The fourth-order valence-corrected chi connectivity index (χ4v) is 1.82. The van der Waals surface area contributed by atoms with Gasteiger partial charge in [-0.15, -0.1) is 6.58 Å². The fraction of sp³-hybridized carbons (Fsp3) is 0.750. The van der Waals surface area contributed by atoms with Crippen molar-refractivity contribution in [1.29, 1.82) is 0 Å². The molecule has 92 valence electrons. The molecule has 0 bridgehead atoms. The van der Waals surface area contributed by atoms with E-state index in [0.29, 0.717) is 6.04 Å². The zero-order chi connectivity index (χ0) is 12.1. The number of piperazine rings is 1. The van der Waals surface area contributed by atoms with Crippen LogP contribution in [0.1, 0.15) is 13.8 Å². The summed E-state index contributed by atoms with van der Waals surface area (Å²) in [5, 5.41) is 3.21. The zero-order valence-corrected chi connectivity index (χ0v) is 10.6. The van der Waals surface area contributed by atoms with Crippen molar-refractivity contribution in [3.05, 3.63) is 12.7 Å². The van der Waals surface area contributed by atoms with Gasteiger partial charge in [0.15, 0.2) is 0 Å². The Labute approximate surface area is 98.3 Å². The molecular formula is C12H23N3O. The van der Waals surface area contributed by atoms with Gasteiger partial charge in [-0.25, -0.2) is 0 Å². The van der Waals surface area contributed by atoms with E-state index < -0.39 is 0 Å².